The molecule has 0 heterocycles. The van der Waals surface area contributed by atoms with E-state index in [0.29, 0.717) is 23.9 Å². The molecular formula is C33H26F6FeNOP. The molecule has 0 unspecified atom stereocenters. The number of carbonyl (C=O) groups is 1. The number of hydrogen-bond acceptors (Lipinski definition) is 1. The van der Waals surface area contributed by atoms with E-state index >= 15 is 0 Å². The van der Waals surface area contributed by atoms with Crippen LogP contribution in [0.4, 0.5) is 26.3 Å². The first kappa shape index (κ1) is 34.1. The van der Waals surface area contributed by atoms with Crippen molar-refractivity contribution in [1.82, 2.24) is 5.32 Å². The van der Waals surface area contributed by atoms with E-state index in [1.807, 2.05) is 91.4 Å². The molecule has 0 spiro atoms. The monoisotopic (exact) mass is 653 g/mol. The molecule has 0 saturated heterocycles. The van der Waals surface area contributed by atoms with Crippen LogP contribution >= 0.6 is 7.92 Å². The summed E-state index contributed by atoms with van der Waals surface area (Å²) in [5.74, 6) is -1.01. The van der Waals surface area contributed by atoms with Crippen LogP contribution in [0.3, 0.4) is 0 Å². The number of amides is 1. The minimum atomic E-state index is -5.05. The average Bonchev–Trinajstić information content (AvgIpc) is 3.73. The van der Waals surface area contributed by atoms with Gasteiger partial charge in [0.1, 0.15) is 0 Å². The number of hydrogen-bond donors (Lipinski definition) is 1. The number of rotatable bonds is 7. The molecule has 43 heavy (non-hydrogen) atoms. The maximum Gasteiger partial charge on any atom is 0.416 e. The predicted molar refractivity (Wildman–Crippen MR) is 156 cm³/mol. The third-order valence-electron chi connectivity index (χ3n) is 6.30. The van der Waals surface area contributed by atoms with Crippen LogP contribution in [0.1, 0.15) is 21.5 Å². The van der Waals surface area contributed by atoms with Gasteiger partial charge in [-0.15, -0.1) is 0 Å². The van der Waals surface area contributed by atoms with Crippen LogP contribution < -0.4 is 15.9 Å². The maximum absolute atomic E-state index is 13.3. The Kier molecular flexibility index (Phi) is 12.2. The van der Waals surface area contributed by atoms with Crippen LogP contribution in [0.2, 0.25) is 0 Å². The van der Waals surface area contributed by atoms with Crippen molar-refractivity contribution < 1.29 is 48.2 Å². The van der Waals surface area contributed by atoms with Crippen molar-refractivity contribution in [2.24, 2.45) is 0 Å². The van der Waals surface area contributed by atoms with Crippen LogP contribution in [0.15, 0.2) is 127 Å². The molecule has 5 rings (SSSR count). The molecule has 0 saturated carbocycles. The summed E-state index contributed by atoms with van der Waals surface area (Å²) in [5.41, 5.74) is -3.07. The molecule has 224 valence electrons. The Hall–Kier alpha value is -3.38. The summed E-state index contributed by atoms with van der Waals surface area (Å²) in [5, 5.41) is 4.75. The number of allylic oxidation sites excluding steroid dienone is 7. The standard InChI is InChI=1S/C28H21F6NOP.C5H5.Fe/c29-27(30,31)21-15-20(16-22(17-21)28(32,33)34)26(36)35-25(19-9-7-8-10-19)18-37(23-11-3-1-4-12-23)24-13-5-2-6-14-24;1-2-4-5-3-1;/h1-17,25H,18H2,(H,35,36);1-5H;/t25-;;/m1../s1. The molecule has 10 heteroatoms. The summed E-state index contributed by atoms with van der Waals surface area (Å²) < 4.78 is 80.0. The van der Waals surface area contributed by atoms with Crippen molar-refractivity contribution in [3.05, 3.63) is 157 Å². The van der Waals surface area contributed by atoms with Crippen molar-refractivity contribution in [2.45, 2.75) is 18.4 Å². The van der Waals surface area contributed by atoms with Crippen LogP contribution in [0.5, 0.6) is 0 Å². The van der Waals surface area contributed by atoms with Gasteiger partial charge in [0.15, 0.2) is 0 Å². The van der Waals surface area contributed by atoms with Crippen LogP contribution in [-0.2, 0) is 29.4 Å². The first-order valence-corrected chi connectivity index (χ1v) is 14.4. The average molecular weight is 653 g/mol. The zero-order chi connectivity index (χ0) is 30.2. The Morgan fingerprint density at radius 1 is 0.698 bits per heavy atom. The van der Waals surface area contributed by atoms with Gasteiger partial charge in [0.05, 0.1) is 17.2 Å². The normalized spacial score (nSPS) is 14.5. The van der Waals surface area contributed by atoms with Gasteiger partial charge < -0.3 is 5.32 Å². The Labute approximate surface area is 258 Å². The number of nitrogens with one attached hydrogen (secondary N) is 1. The first-order chi connectivity index (χ1) is 20.0. The largest absolute Gasteiger partial charge is 0.416 e. The van der Waals surface area contributed by atoms with Crippen molar-refractivity contribution in [3.8, 4) is 0 Å². The van der Waals surface area contributed by atoms with Crippen LogP contribution in [-0.4, -0.2) is 18.1 Å². The van der Waals surface area contributed by atoms with E-state index in [1.54, 1.807) is 24.6 Å². The summed E-state index contributed by atoms with van der Waals surface area (Å²) in [6.45, 7) is 0. The molecule has 1 amide bonds. The summed E-state index contributed by atoms with van der Waals surface area (Å²) >= 11 is 0. The second-order valence-corrected chi connectivity index (χ2v) is 11.5. The molecule has 0 aromatic heterocycles. The van der Waals surface area contributed by atoms with Gasteiger partial charge in [-0.05, 0) is 48.5 Å². The molecule has 1 N–H and O–H groups in total. The Morgan fingerprint density at radius 2 is 1.21 bits per heavy atom. The fraction of sp³-hybridized carbons (Fsp3) is 0.121. The van der Waals surface area contributed by atoms with E-state index in [2.05, 4.69) is 5.32 Å². The Morgan fingerprint density at radius 3 is 1.60 bits per heavy atom. The van der Waals surface area contributed by atoms with Crippen molar-refractivity contribution in [3.63, 3.8) is 0 Å². The summed E-state index contributed by atoms with van der Waals surface area (Å²) in [6, 6.07) is 19.4. The number of carbonyl (C=O) groups excluding carboxylic acids is 1. The molecule has 2 aliphatic carbocycles. The van der Waals surface area contributed by atoms with Gasteiger partial charge in [-0.3, -0.25) is 4.79 Å². The first-order valence-electron chi connectivity index (χ1n) is 12.9. The quantitative estimate of drug-likeness (QED) is 0.157. The second-order valence-electron chi connectivity index (χ2n) is 9.28. The number of alkyl halides is 6. The molecule has 2 aliphatic rings. The fourth-order valence-electron chi connectivity index (χ4n) is 4.26. The Bertz CT molecular complexity index is 1400. The Balaban J connectivity index is 0.000000765. The van der Waals surface area contributed by atoms with Gasteiger partial charge in [-0.2, -0.15) is 26.3 Å². The minimum Gasteiger partial charge on any atom is -0.345 e. The summed E-state index contributed by atoms with van der Waals surface area (Å²) in [7, 11) is -1.02. The summed E-state index contributed by atoms with van der Waals surface area (Å²) in [4.78, 5) is 13.1. The van der Waals surface area contributed by atoms with E-state index in [9.17, 15) is 31.1 Å². The molecule has 1 atom stereocenters. The van der Waals surface area contributed by atoms with Gasteiger partial charge >= 0.3 is 12.4 Å². The van der Waals surface area contributed by atoms with Crippen LogP contribution in [0, 0.1) is 12.8 Å². The molecule has 0 bridgehead atoms. The van der Waals surface area contributed by atoms with Gasteiger partial charge in [0.25, 0.3) is 5.91 Å². The molecule has 3 aromatic carbocycles. The molecule has 0 aliphatic heterocycles. The molecule has 0 fully saturated rings. The smallest absolute Gasteiger partial charge is 0.345 e. The third-order valence-corrected chi connectivity index (χ3v) is 8.88. The predicted octanol–water partition coefficient (Wildman–Crippen LogP) is 7.97. The topological polar surface area (TPSA) is 29.1 Å². The molecule has 2 nitrogen and oxygen atoms in total. The van der Waals surface area contributed by atoms with Gasteiger partial charge in [0.2, 0.25) is 0 Å². The van der Waals surface area contributed by atoms with E-state index in [0.717, 1.165) is 10.6 Å². The SMILES string of the molecule is O=C(N[C@H](CP(c1ccccc1)c1ccccc1)C1=CC=C[CH]1)c1cc(C(F)(F)F)cc(C(F)(F)F)c1.[CH]1C=CC=C1.[Fe]. The van der Waals surface area contributed by atoms with Gasteiger partial charge in [0, 0.05) is 35.5 Å². The fourth-order valence-corrected chi connectivity index (χ4v) is 6.71. The van der Waals surface area contributed by atoms with Gasteiger partial charge in [-0.25, -0.2) is 0 Å². The number of benzene rings is 3. The van der Waals surface area contributed by atoms with Gasteiger partial charge in [-0.1, -0.05) is 103 Å². The van der Waals surface area contributed by atoms with Crippen molar-refractivity contribution in [1.29, 1.82) is 0 Å². The number of halogens is 6. The maximum atomic E-state index is 13.3. The molecule has 3 aromatic rings. The van der Waals surface area contributed by atoms with Crippen molar-refractivity contribution >= 4 is 24.4 Å². The zero-order valence-corrected chi connectivity index (χ0v) is 24.5. The zero-order valence-electron chi connectivity index (χ0n) is 22.5. The van der Waals surface area contributed by atoms with Crippen molar-refractivity contribution in [2.75, 3.05) is 6.16 Å². The minimum absolute atomic E-state index is 0. The van der Waals surface area contributed by atoms with Crippen LogP contribution in [0.25, 0.3) is 0 Å². The summed E-state index contributed by atoms with van der Waals surface area (Å²) in [6.07, 6.45) is 7.35. The van der Waals surface area contributed by atoms with E-state index in [-0.39, 0.29) is 23.1 Å². The molecule has 2 radical (unpaired) electrons. The molecular weight excluding hydrogens is 627 g/mol. The third kappa shape index (κ3) is 9.82. The van der Waals surface area contributed by atoms with E-state index in [4.69, 9.17) is 0 Å². The van der Waals surface area contributed by atoms with E-state index in [1.165, 1.54) is 0 Å². The second kappa shape index (κ2) is 15.4. The van der Waals surface area contributed by atoms with E-state index < -0.39 is 48.9 Å².